The van der Waals surface area contributed by atoms with Crippen LogP contribution in [0.5, 0.6) is 0 Å². The quantitative estimate of drug-likeness (QED) is 0.244. The third-order valence-corrected chi connectivity index (χ3v) is 1.53. The molecule has 1 rings (SSSR count). The lowest BCUT2D eigenvalue weighted by molar-refractivity contribution is 0.100. The van der Waals surface area contributed by atoms with Gasteiger partial charge in [0.15, 0.2) is 0 Å². The number of thiocarbonyl (C=S) groups is 1. The maximum atomic E-state index is 11.2. The Balaban J connectivity index is 3.25. The number of carbonyl (C=O) groups excluding carboxylic acids is 1. The number of aliphatic imine (C=N–C) groups is 1. The molecule has 0 atom stereocenters. The molecule has 0 fully saturated rings. The van der Waals surface area contributed by atoms with E-state index in [0.29, 0.717) is 5.69 Å². The first-order valence-electron chi connectivity index (χ1n) is 3.56. The van der Waals surface area contributed by atoms with Gasteiger partial charge in [-0.25, -0.2) is 0 Å². The molecule has 0 aromatic heterocycles. The molecular weight excluding hydrogens is 200 g/mol. The maximum Gasteiger partial charge on any atom is 0.251 e. The zero-order valence-electron chi connectivity index (χ0n) is 6.91. The van der Waals surface area contributed by atoms with Crippen LogP contribution in [0.2, 0.25) is 0 Å². The van der Waals surface area contributed by atoms with Crippen molar-refractivity contribution in [3.63, 3.8) is 0 Å². The van der Waals surface area contributed by atoms with Gasteiger partial charge in [-0.2, -0.15) is 4.99 Å². The highest BCUT2D eigenvalue weighted by Gasteiger charge is 2.07. The minimum Gasteiger partial charge on any atom is -0.287 e. The van der Waals surface area contributed by atoms with Crippen LogP contribution in [0.3, 0.4) is 0 Å². The van der Waals surface area contributed by atoms with Crippen molar-refractivity contribution < 1.29 is 4.79 Å². The van der Waals surface area contributed by atoms with Gasteiger partial charge in [0.2, 0.25) is 0 Å². The Morgan fingerprint density at radius 2 is 2.21 bits per heavy atom. The van der Waals surface area contributed by atoms with Crippen LogP contribution in [0.1, 0.15) is 10.4 Å². The standard InChI is InChI=1S/C8H4N4OS/c9-12-11-8(13)6-3-1-2-4-7(6)10-5-14/h1-4H. The number of carbonyl (C=O) groups is 1. The van der Waals surface area contributed by atoms with Crippen LogP contribution < -0.4 is 0 Å². The van der Waals surface area contributed by atoms with Crippen LogP contribution in [-0.4, -0.2) is 11.1 Å². The predicted octanol–water partition coefficient (Wildman–Crippen LogP) is 2.87. The molecule has 0 heterocycles. The van der Waals surface area contributed by atoms with E-state index in [-0.39, 0.29) is 5.56 Å². The Morgan fingerprint density at radius 1 is 1.50 bits per heavy atom. The fourth-order valence-corrected chi connectivity index (χ4v) is 0.994. The van der Waals surface area contributed by atoms with Crippen molar-refractivity contribution >= 4 is 29.0 Å². The summed E-state index contributed by atoms with van der Waals surface area (Å²) in [6.45, 7) is 0. The molecule has 0 radical (unpaired) electrons. The average molecular weight is 204 g/mol. The molecule has 5 nitrogen and oxygen atoms in total. The summed E-state index contributed by atoms with van der Waals surface area (Å²) in [5.74, 6) is -0.683. The molecule has 0 N–H and O–H groups in total. The molecule has 1 amide bonds. The van der Waals surface area contributed by atoms with Crippen LogP contribution in [0, 0.1) is 0 Å². The molecule has 14 heavy (non-hydrogen) atoms. The molecule has 0 aliphatic carbocycles. The third-order valence-electron chi connectivity index (χ3n) is 1.44. The van der Waals surface area contributed by atoms with E-state index in [2.05, 4.69) is 32.4 Å². The molecule has 0 aliphatic rings. The largest absolute Gasteiger partial charge is 0.287 e. The number of nitrogens with zero attached hydrogens (tertiary/aromatic N) is 4. The van der Waals surface area contributed by atoms with E-state index >= 15 is 0 Å². The van der Waals surface area contributed by atoms with Gasteiger partial charge in [0, 0.05) is 4.91 Å². The molecule has 1 aromatic carbocycles. The molecule has 0 saturated heterocycles. The Bertz CT molecular complexity index is 458. The molecule has 0 aliphatic heterocycles. The second-order valence-electron chi connectivity index (χ2n) is 2.21. The predicted molar refractivity (Wildman–Crippen MR) is 54.6 cm³/mol. The zero-order chi connectivity index (χ0) is 10.4. The highest BCUT2D eigenvalue weighted by molar-refractivity contribution is 7.78. The Kier molecular flexibility index (Phi) is 3.52. The normalized spacial score (nSPS) is 8.29. The SMILES string of the molecule is [N-]=[N+]=NC(=O)c1ccccc1N=C=S. The molecule has 0 spiro atoms. The van der Waals surface area contributed by atoms with Gasteiger partial charge >= 0.3 is 0 Å². The van der Waals surface area contributed by atoms with E-state index < -0.39 is 5.91 Å². The Hall–Kier alpha value is -2.00. The van der Waals surface area contributed by atoms with Crippen LogP contribution in [0.15, 0.2) is 34.4 Å². The fraction of sp³-hybridized carbons (Fsp3) is 0. The number of para-hydroxylation sites is 1. The highest BCUT2D eigenvalue weighted by atomic mass is 32.1. The van der Waals surface area contributed by atoms with Crippen molar-refractivity contribution in [2.45, 2.75) is 0 Å². The Morgan fingerprint density at radius 3 is 2.86 bits per heavy atom. The van der Waals surface area contributed by atoms with Crippen molar-refractivity contribution in [1.82, 2.24) is 0 Å². The first-order valence-corrected chi connectivity index (χ1v) is 3.96. The average Bonchev–Trinajstić information content (AvgIpc) is 2.19. The minimum absolute atomic E-state index is 0.211. The molecule has 1 aromatic rings. The summed E-state index contributed by atoms with van der Waals surface area (Å²) in [4.78, 5) is 17.3. The number of rotatable bonds is 2. The van der Waals surface area contributed by atoms with E-state index in [1.54, 1.807) is 18.2 Å². The summed E-state index contributed by atoms with van der Waals surface area (Å²) in [5, 5.41) is 5.10. The van der Waals surface area contributed by atoms with E-state index in [9.17, 15) is 4.79 Å². The molecule has 6 heteroatoms. The third kappa shape index (κ3) is 2.24. The summed E-state index contributed by atoms with van der Waals surface area (Å²) in [6.07, 6.45) is 0. The first kappa shape index (κ1) is 10.1. The molecule has 0 bridgehead atoms. The van der Waals surface area contributed by atoms with E-state index in [4.69, 9.17) is 5.53 Å². The van der Waals surface area contributed by atoms with E-state index in [0.717, 1.165) is 0 Å². The lowest BCUT2D eigenvalue weighted by Gasteiger charge is -1.97. The molecular formula is C8H4N4OS. The van der Waals surface area contributed by atoms with Crippen LogP contribution in [-0.2, 0) is 0 Å². The summed E-state index contributed by atoms with van der Waals surface area (Å²) < 4.78 is 0. The summed E-state index contributed by atoms with van der Waals surface area (Å²) in [6, 6.07) is 6.42. The van der Waals surface area contributed by atoms with Gasteiger partial charge < -0.3 is 0 Å². The summed E-state index contributed by atoms with van der Waals surface area (Å²) in [5.41, 5.74) is 8.65. The van der Waals surface area contributed by atoms with Crippen molar-refractivity contribution in [1.29, 1.82) is 0 Å². The second kappa shape index (κ2) is 4.89. The van der Waals surface area contributed by atoms with Crippen molar-refractivity contribution in [3.05, 3.63) is 40.3 Å². The number of benzene rings is 1. The van der Waals surface area contributed by atoms with E-state index in [1.807, 2.05) is 0 Å². The summed E-state index contributed by atoms with van der Waals surface area (Å²) >= 11 is 4.41. The number of hydrogen-bond acceptors (Lipinski definition) is 3. The number of isothiocyanates is 1. The van der Waals surface area contributed by atoms with Crippen molar-refractivity contribution in [3.8, 4) is 0 Å². The van der Waals surface area contributed by atoms with Crippen LogP contribution >= 0.6 is 12.2 Å². The number of amides is 1. The van der Waals surface area contributed by atoms with Gasteiger partial charge in [0.1, 0.15) is 0 Å². The van der Waals surface area contributed by atoms with Crippen molar-refractivity contribution in [2.24, 2.45) is 10.1 Å². The minimum atomic E-state index is -0.683. The van der Waals surface area contributed by atoms with Gasteiger partial charge in [-0.05, 0) is 35.0 Å². The van der Waals surface area contributed by atoms with Gasteiger partial charge in [-0.1, -0.05) is 12.1 Å². The molecule has 0 saturated carbocycles. The number of hydrogen-bond donors (Lipinski definition) is 0. The Labute approximate surface area is 84.7 Å². The number of azide groups is 1. The lowest BCUT2D eigenvalue weighted by Crippen LogP contribution is -1.92. The van der Waals surface area contributed by atoms with Gasteiger partial charge in [-0.15, -0.1) is 0 Å². The van der Waals surface area contributed by atoms with Crippen LogP contribution in [0.4, 0.5) is 5.69 Å². The lowest BCUT2D eigenvalue weighted by atomic mass is 10.2. The smallest absolute Gasteiger partial charge is 0.251 e. The van der Waals surface area contributed by atoms with Gasteiger partial charge in [-0.3, -0.25) is 4.79 Å². The highest BCUT2D eigenvalue weighted by Crippen LogP contribution is 2.18. The topological polar surface area (TPSA) is 78.2 Å². The fourth-order valence-electron chi connectivity index (χ4n) is 0.896. The molecule has 0 unspecified atom stereocenters. The first-order chi connectivity index (χ1) is 6.79. The van der Waals surface area contributed by atoms with E-state index in [1.165, 1.54) is 6.07 Å². The van der Waals surface area contributed by atoms with Crippen molar-refractivity contribution in [2.75, 3.05) is 0 Å². The summed E-state index contributed by atoms with van der Waals surface area (Å²) in [7, 11) is 0. The molecule has 68 valence electrons. The van der Waals surface area contributed by atoms with Gasteiger partial charge in [0.25, 0.3) is 5.91 Å². The second-order valence-corrected chi connectivity index (χ2v) is 2.40. The van der Waals surface area contributed by atoms with Crippen LogP contribution in [0.25, 0.3) is 10.4 Å². The zero-order valence-corrected chi connectivity index (χ0v) is 7.73. The van der Waals surface area contributed by atoms with Gasteiger partial charge in [0.05, 0.1) is 16.4 Å². The monoisotopic (exact) mass is 204 g/mol. The maximum absolute atomic E-state index is 11.2.